The van der Waals surface area contributed by atoms with Crippen molar-refractivity contribution in [3.05, 3.63) is 29.8 Å². The maximum absolute atomic E-state index is 13.0. The number of phenolic OH excluding ortho intramolecular Hbond substituents is 1. The van der Waals surface area contributed by atoms with Gasteiger partial charge in [-0.3, -0.25) is 24.0 Å². The van der Waals surface area contributed by atoms with Gasteiger partial charge in [-0.2, -0.15) is 0 Å². The summed E-state index contributed by atoms with van der Waals surface area (Å²) in [5.41, 5.74) is 11.2. The van der Waals surface area contributed by atoms with E-state index in [1.165, 1.54) is 24.3 Å². The van der Waals surface area contributed by atoms with Crippen LogP contribution in [-0.4, -0.2) is 75.1 Å². The average Bonchev–Trinajstić information content (AvgIpc) is 2.77. The van der Waals surface area contributed by atoms with Crippen LogP contribution in [0.25, 0.3) is 0 Å². The standard InChI is InChI=1S/C23H33N5O9/c1-11(2)7-17(23(36)37)28-21(34)15(8-12-3-5-13(29)6-4-12)27-22(35)16(10-18(25)30)26-20(33)14(24)9-19(31)32/h3-6,11,14-17,29H,7-10,24H2,1-2H3,(H2,25,30)(H,26,33)(H,27,35)(H,28,34)(H,31,32)(H,36,37). The van der Waals surface area contributed by atoms with E-state index >= 15 is 0 Å². The zero-order valence-electron chi connectivity index (χ0n) is 20.5. The Hall–Kier alpha value is -4.20. The van der Waals surface area contributed by atoms with E-state index < -0.39 is 72.6 Å². The number of phenols is 1. The molecule has 0 aliphatic rings. The van der Waals surface area contributed by atoms with Crippen LogP contribution in [0, 0.1) is 5.92 Å². The molecular formula is C23H33N5O9. The Bertz CT molecular complexity index is 997. The molecule has 1 rings (SSSR count). The smallest absolute Gasteiger partial charge is 0.326 e. The molecule has 0 saturated heterocycles. The molecule has 37 heavy (non-hydrogen) atoms. The minimum absolute atomic E-state index is 0.0430. The van der Waals surface area contributed by atoms with Gasteiger partial charge in [0.1, 0.15) is 23.9 Å². The molecule has 14 heteroatoms. The first-order valence-corrected chi connectivity index (χ1v) is 11.4. The highest BCUT2D eigenvalue weighted by Crippen LogP contribution is 2.13. The normalized spacial score (nSPS) is 14.1. The van der Waals surface area contributed by atoms with Gasteiger partial charge in [0.2, 0.25) is 23.6 Å². The first kappa shape index (κ1) is 30.8. The zero-order chi connectivity index (χ0) is 28.3. The van der Waals surface area contributed by atoms with Crippen molar-refractivity contribution in [3.63, 3.8) is 0 Å². The largest absolute Gasteiger partial charge is 0.508 e. The van der Waals surface area contributed by atoms with Gasteiger partial charge in [-0.1, -0.05) is 26.0 Å². The number of aromatic hydroxyl groups is 1. The second kappa shape index (κ2) is 14.4. The summed E-state index contributed by atoms with van der Waals surface area (Å²) < 4.78 is 0. The fourth-order valence-corrected chi connectivity index (χ4v) is 3.28. The molecule has 0 radical (unpaired) electrons. The molecule has 4 unspecified atom stereocenters. The Balaban J connectivity index is 3.17. The first-order chi connectivity index (χ1) is 17.2. The van der Waals surface area contributed by atoms with Gasteiger partial charge < -0.3 is 42.7 Å². The number of aliphatic carboxylic acids is 2. The average molecular weight is 524 g/mol. The second-order valence-corrected chi connectivity index (χ2v) is 8.90. The lowest BCUT2D eigenvalue weighted by molar-refractivity contribution is -0.143. The maximum atomic E-state index is 13.0. The predicted molar refractivity (Wildman–Crippen MR) is 129 cm³/mol. The molecule has 1 aromatic carbocycles. The summed E-state index contributed by atoms with van der Waals surface area (Å²) in [5, 5.41) is 34.7. The molecule has 10 N–H and O–H groups in total. The van der Waals surface area contributed by atoms with Crippen LogP contribution in [0.4, 0.5) is 0 Å². The van der Waals surface area contributed by atoms with E-state index in [0.717, 1.165) is 0 Å². The number of nitrogens with two attached hydrogens (primary N) is 2. The van der Waals surface area contributed by atoms with E-state index in [-0.39, 0.29) is 24.5 Å². The van der Waals surface area contributed by atoms with Gasteiger partial charge >= 0.3 is 11.9 Å². The Morgan fingerprint density at radius 3 is 1.81 bits per heavy atom. The van der Waals surface area contributed by atoms with E-state index in [0.29, 0.717) is 5.56 Å². The second-order valence-electron chi connectivity index (χ2n) is 8.90. The highest BCUT2D eigenvalue weighted by Gasteiger charge is 2.31. The highest BCUT2D eigenvalue weighted by atomic mass is 16.4. The van der Waals surface area contributed by atoms with Crippen LogP contribution in [0.2, 0.25) is 0 Å². The minimum atomic E-state index is -1.59. The van der Waals surface area contributed by atoms with Crippen molar-refractivity contribution in [3.8, 4) is 5.75 Å². The third-order valence-electron chi connectivity index (χ3n) is 5.10. The van der Waals surface area contributed by atoms with Crippen molar-refractivity contribution in [2.75, 3.05) is 0 Å². The first-order valence-electron chi connectivity index (χ1n) is 11.4. The van der Waals surface area contributed by atoms with Gasteiger partial charge in [0, 0.05) is 6.42 Å². The van der Waals surface area contributed by atoms with Crippen molar-refractivity contribution < 1.29 is 44.1 Å². The topological polar surface area (TPSA) is 251 Å². The fraction of sp³-hybridized carbons (Fsp3) is 0.478. The quantitative estimate of drug-likeness (QED) is 0.128. The number of benzene rings is 1. The SMILES string of the molecule is CC(C)CC(NC(=O)C(Cc1ccc(O)cc1)NC(=O)C(CC(N)=O)NC(=O)C(N)CC(=O)O)C(=O)O. The number of hydrogen-bond donors (Lipinski definition) is 8. The highest BCUT2D eigenvalue weighted by molar-refractivity contribution is 5.96. The Morgan fingerprint density at radius 1 is 0.811 bits per heavy atom. The van der Waals surface area contributed by atoms with Gasteiger partial charge in [-0.15, -0.1) is 0 Å². The third kappa shape index (κ3) is 11.4. The molecule has 0 saturated carbocycles. The Labute approximate surface area is 212 Å². The van der Waals surface area contributed by atoms with Crippen LogP contribution < -0.4 is 27.4 Å². The molecule has 4 atom stereocenters. The van der Waals surface area contributed by atoms with Gasteiger partial charge in [0.25, 0.3) is 0 Å². The molecule has 0 bridgehead atoms. The summed E-state index contributed by atoms with van der Waals surface area (Å²) in [7, 11) is 0. The molecule has 14 nitrogen and oxygen atoms in total. The van der Waals surface area contributed by atoms with Gasteiger partial charge in [-0.25, -0.2) is 4.79 Å². The molecule has 1 aromatic rings. The number of carbonyl (C=O) groups excluding carboxylic acids is 4. The minimum Gasteiger partial charge on any atom is -0.508 e. The Kier molecular flexibility index (Phi) is 12.0. The van der Waals surface area contributed by atoms with Crippen LogP contribution in [-0.2, 0) is 35.2 Å². The third-order valence-corrected chi connectivity index (χ3v) is 5.10. The maximum Gasteiger partial charge on any atom is 0.326 e. The number of carboxylic acid groups (broad SMARTS) is 2. The number of hydrogen-bond acceptors (Lipinski definition) is 8. The molecule has 0 aliphatic carbocycles. The van der Waals surface area contributed by atoms with E-state index in [1.807, 2.05) is 0 Å². The van der Waals surface area contributed by atoms with E-state index in [2.05, 4.69) is 16.0 Å². The lowest BCUT2D eigenvalue weighted by Crippen LogP contribution is -2.58. The number of carbonyl (C=O) groups is 6. The van der Waals surface area contributed by atoms with Crippen LogP contribution in [0.5, 0.6) is 5.75 Å². The lowest BCUT2D eigenvalue weighted by atomic mass is 10.0. The van der Waals surface area contributed by atoms with Crippen LogP contribution in [0.15, 0.2) is 24.3 Å². The molecule has 4 amide bonds. The van der Waals surface area contributed by atoms with Gasteiger partial charge in [0.15, 0.2) is 0 Å². The monoisotopic (exact) mass is 523 g/mol. The van der Waals surface area contributed by atoms with Crippen LogP contribution >= 0.6 is 0 Å². The number of nitrogens with one attached hydrogen (secondary N) is 3. The summed E-state index contributed by atoms with van der Waals surface area (Å²) >= 11 is 0. The van der Waals surface area contributed by atoms with Crippen molar-refractivity contribution in [1.82, 2.24) is 16.0 Å². The summed E-state index contributed by atoms with van der Waals surface area (Å²) in [6, 6.07) is -0.0468. The molecule has 0 aromatic heterocycles. The zero-order valence-corrected chi connectivity index (χ0v) is 20.5. The molecule has 0 fully saturated rings. The van der Waals surface area contributed by atoms with Gasteiger partial charge in [0.05, 0.1) is 18.9 Å². The van der Waals surface area contributed by atoms with Gasteiger partial charge in [-0.05, 0) is 30.0 Å². The summed E-state index contributed by atoms with van der Waals surface area (Å²) in [6.07, 6.45) is -1.45. The number of primary amides is 1. The van der Waals surface area contributed by atoms with E-state index in [4.69, 9.17) is 16.6 Å². The molecule has 0 heterocycles. The molecule has 204 valence electrons. The Morgan fingerprint density at radius 2 is 1.32 bits per heavy atom. The van der Waals surface area contributed by atoms with E-state index in [9.17, 15) is 39.0 Å². The molecular weight excluding hydrogens is 490 g/mol. The van der Waals surface area contributed by atoms with E-state index in [1.54, 1.807) is 13.8 Å². The van der Waals surface area contributed by atoms with Crippen molar-refractivity contribution in [1.29, 1.82) is 0 Å². The number of carboxylic acids is 2. The number of rotatable bonds is 15. The van der Waals surface area contributed by atoms with Crippen molar-refractivity contribution >= 4 is 35.6 Å². The molecule has 0 aliphatic heterocycles. The van der Waals surface area contributed by atoms with Crippen LogP contribution in [0.1, 0.15) is 38.7 Å². The lowest BCUT2D eigenvalue weighted by Gasteiger charge is -2.25. The summed E-state index contributed by atoms with van der Waals surface area (Å²) in [4.78, 5) is 72.2. The van der Waals surface area contributed by atoms with Crippen molar-refractivity contribution in [2.45, 2.75) is 63.7 Å². The van der Waals surface area contributed by atoms with Crippen molar-refractivity contribution in [2.24, 2.45) is 17.4 Å². The summed E-state index contributed by atoms with van der Waals surface area (Å²) in [5.74, 6) is -6.62. The number of amides is 4. The van der Waals surface area contributed by atoms with Crippen LogP contribution in [0.3, 0.4) is 0 Å². The fourth-order valence-electron chi connectivity index (χ4n) is 3.28. The molecule has 0 spiro atoms. The summed E-state index contributed by atoms with van der Waals surface area (Å²) in [6.45, 7) is 3.54. The predicted octanol–water partition coefficient (Wildman–Crippen LogP) is -1.80.